The number of esters is 2. The maximum Gasteiger partial charge on any atom is 0.323 e. The minimum absolute atomic E-state index is 0. The summed E-state index contributed by atoms with van der Waals surface area (Å²) in [6, 6.07) is 0. The van der Waals surface area contributed by atoms with E-state index in [9.17, 15) is 9.59 Å². The minimum Gasteiger partial charge on any atom is -0.422 e. The Kier molecular flexibility index (Phi) is 6.28. The summed E-state index contributed by atoms with van der Waals surface area (Å²) in [5.74, 6) is -3.45. The molecule has 123 valence electrons. The van der Waals surface area contributed by atoms with E-state index in [1.807, 2.05) is 0 Å². The molecule has 0 N–H and O–H groups in total. The number of cyclic esters (lactones) is 2. The molecule has 11 heteroatoms. The number of halogens is 2. The average Bonchev–Trinajstić information content (AvgIpc) is 2.79. The van der Waals surface area contributed by atoms with Crippen LogP contribution in [0.25, 0.3) is 11.2 Å². The van der Waals surface area contributed by atoms with Gasteiger partial charge in [-0.05, 0) is 18.0 Å². The van der Waals surface area contributed by atoms with Crippen molar-refractivity contribution >= 4 is 97.7 Å². The van der Waals surface area contributed by atoms with Crippen molar-refractivity contribution < 1.29 is 19.1 Å². The molecule has 1 saturated heterocycles. The molecule has 0 unspecified atom stereocenters. The van der Waals surface area contributed by atoms with Crippen LogP contribution in [0, 0.1) is 5.92 Å². The summed E-state index contributed by atoms with van der Waals surface area (Å²) < 4.78 is 11.8. The Morgan fingerprint density at radius 2 is 1.83 bits per heavy atom. The van der Waals surface area contributed by atoms with Crippen molar-refractivity contribution in [2.24, 2.45) is 5.92 Å². The largest absolute Gasteiger partial charge is 0.422 e. The standard InChI is InChI=1S/C13H12Cl2N4O4.K/c1-13(2)22-10(20)6(11(21)23-13)3-4-19-5-16-9-7(19)8(14)17-12(15)18-9;/h5-6H,3-4H2,1-2H3;. The number of nitrogens with zero attached hydrogens (tertiary/aromatic N) is 4. The number of ether oxygens (including phenoxy) is 2. The quantitative estimate of drug-likeness (QED) is 0.255. The van der Waals surface area contributed by atoms with Gasteiger partial charge in [-0.15, -0.1) is 0 Å². The second-order valence-corrected chi connectivity index (χ2v) is 6.17. The molecular formula is C13H12Cl2KN4O4. The summed E-state index contributed by atoms with van der Waals surface area (Å²) in [6.07, 6.45) is 1.67. The molecule has 0 amide bonds. The van der Waals surface area contributed by atoms with Gasteiger partial charge in [0.25, 0.3) is 5.79 Å². The number of aryl methyl sites for hydroxylation is 1. The summed E-state index contributed by atoms with van der Waals surface area (Å²) >= 11 is 11.8. The zero-order valence-electron chi connectivity index (χ0n) is 13.2. The van der Waals surface area contributed by atoms with Crippen molar-refractivity contribution in [2.45, 2.75) is 32.6 Å². The zero-order chi connectivity index (χ0) is 16.8. The molecular weight excluding hydrogens is 386 g/mol. The molecule has 24 heavy (non-hydrogen) atoms. The molecule has 8 nitrogen and oxygen atoms in total. The third-order valence-corrected chi connectivity index (χ3v) is 3.76. The monoisotopic (exact) mass is 397 g/mol. The van der Waals surface area contributed by atoms with Crippen LogP contribution < -0.4 is 0 Å². The number of hydrogen-bond donors (Lipinski definition) is 0. The molecule has 0 saturated carbocycles. The number of hydrogen-bond acceptors (Lipinski definition) is 7. The molecule has 1 aliphatic rings. The van der Waals surface area contributed by atoms with Gasteiger partial charge in [-0.3, -0.25) is 9.59 Å². The van der Waals surface area contributed by atoms with E-state index in [0.29, 0.717) is 11.2 Å². The smallest absolute Gasteiger partial charge is 0.323 e. The van der Waals surface area contributed by atoms with Gasteiger partial charge in [0.05, 0.1) is 6.33 Å². The Morgan fingerprint density at radius 1 is 1.21 bits per heavy atom. The van der Waals surface area contributed by atoms with Gasteiger partial charge < -0.3 is 14.0 Å². The number of fused-ring (bicyclic) bond motifs is 1. The van der Waals surface area contributed by atoms with Gasteiger partial charge in [0, 0.05) is 71.8 Å². The van der Waals surface area contributed by atoms with Gasteiger partial charge in [-0.1, -0.05) is 11.6 Å². The van der Waals surface area contributed by atoms with Crippen molar-refractivity contribution in [3.05, 3.63) is 16.8 Å². The van der Waals surface area contributed by atoms with Crippen LogP contribution in [-0.4, -0.2) is 88.6 Å². The van der Waals surface area contributed by atoms with Crippen LogP contribution in [0.1, 0.15) is 20.3 Å². The fourth-order valence-corrected chi connectivity index (χ4v) is 2.81. The van der Waals surface area contributed by atoms with E-state index in [-0.39, 0.29) is 74.8 Å². The maximum atomic E-state index is 11.9. The van der Waals surface area contributed by atoms with Crippen molar-refractivity contribution in [2.75, 3.05) is 0 Å². The molecule has 0 aromatic carbocycles. The first-order valence-corrected chi connectivity index (χ1v) is 7.52. The van der Waals surface area contributed by atoms with E-state index in [2.05, 4.69) is 15.0 Å². The van der Waals surface area contributed by atoms with Crippen LogP contribution >= 0.6 is 23.2 Å². The molecule has 1 radical (unpaired) electrons. The van der Waals surface area contributed by atoms with Crippen LogP contribution in [0.3, 0.4) is 0 Å². The number of carbonyl (C=O) groups is 2. The third-order valence-electron chi connectivity index (χ3n) is 3.32. The summed E-state index contributed by atoms with van der Waals surface area (Å²) in [4.78, 5) is 35.8. The molecule has 3 heterocycles. The Morgan fingerprint density at radius 3 is 2.46 bits per heavy atom. The Bertz CT molecular complexity index is 791. The van der Waals surface area contributed by atoms with Crippen molar-refractivity contribution in [1.29, 1.82) is 0 Å². The van der Waals surface area contributed by atoms with E-state index >= 15 is 0 Å². The van der Waals surface area contributed by atoms with Gasteiger partial charge in [-0.25, -0.2) is 9.97 Å². The minimum atomic E-state index is -1.24. The first kappa shape index (κ1) is 20.0. The van der Waals surface area contributed by atoms with Gasteiger partial charge >= 0.3 is 11.9 Å². The Balaban J connectivity index is 0.00000208. The van der Waals surface area contributed by atoms with E-state index in [1.165, 1.54) is 20.2 Å². The maximum absolute atomic E-state index is 11.9. The molecule has 0 aliphatic carbocycles. The summed E-state index contributed by atoms with van der Waals surface area (Å²) in [5.41, 5.74) is 0.818. The zero-order valence-corrected chi connectivity index (χ0v) is 17.9. The fraction of sp³-hybridized carbons (Fsp3) is 0.462. The second-order valence-electron chi connectivity index (χ2n) is 5.48. The average molecular weight is 398 g/mol. The molecule has 3 rings (SSSR count). The fourth-order valence-electron chi connectivity index (χ4n) is 2.33. The first-order valence-electron chi connectivity index (χ1n) is 6.76. The van der Waals surface area contributed by atoms with Gasteiger partial charge in [-0.2, -0.15) is 4.98 Å². The third kappa shape index (κ3) is 4.09. The van der Waals surface area contributed by atoms with Crippen molar-refractivity contribution in [3.8, 4) is 0 Å². The number of carbonyl (C=O) groups excluding carboxylic acids is 2. The molecule has 2 aromatic heterocycles. The molecule has 0 bridgehead atoms. The SMILES string of the molecule is CC1(C)OC(=O)C(CCn2cnc3nc(Cl)nc(Cl)c32)C(=O)O1.[K]. The normalized spacial score (nSPS) is 17.3. The van der Waals surface area contributed by atoms with Gasteiger partial charge in [0.15, 0.2) is 16.7 Å². The predicted octanol–water partition coefficient (Wildman–Crippen LogP) is 1.59. The molecule has 2 aromatic rings. The van der Waals surface area contributed by atoms with Crippen molar-refractivity contribution in [1.82, 2.24) is 19.5 Å². The van der Waals surface area contributed by atoms with Crippen molar-refractivity contribution in [3.63, 3.8) is 0 Å². The topological polar surface area (TPSA) is 96.2 Å². The number of rotatable bonds is 3. The summed E-state index contributed by atoms with van der Waals surface area (Å²) in [5, 5.41) is 0.141. The van der Waals surface area contributed by atoms with E-state index < -0.39 is 23.6 Å². The van der Waals surface area contributed by atoms with Crippen LogP contribution in [0.15, 0.2) is 6.33 Å². The molecule has 1 fully saturated rings. The first-order chi connectivity index (χ1) is 10.8. The Labute approximate surface area is 189 Å². The Hall–Kier alpha value is -0.294. The van der Waals surface area contributed by atoms with E-state index in [1.54, 1.807) is 4.57 Å². The predicted molar refractivity (Wildman–Crippen MR) is 85.5 cm³/mol. The van der Waals surface area contributed by atoms with Crippen LogP contribution in [0.2, 0.25) is 10.4 Å². The molecule has 0 atom stereocenters. The van der Waals surface area contributed by atoms with Crippen LogP contribution in [0.4, 0.5) is 0 Å². The van der Waals surface area contributed by atoms with Crippen LogP contribution in [0.5, 0.6) is 0 Å². The van der Waals surface area contributed by atoms with Gasteiger partial charge in [0.1, 0.15) is 5.52 Å². The van der Waals surface area contributed by atoms with E-state index in [4.69, 9.17) is 32.7 Å². The summed E-state index contributed by atoms with van der Waals surface area (Å²) in [6.45, 7) is 3.29. The molecule has 0 spiro atoms. The second kappa shape index (κ2) is 7.52. The van der Waals surface area contributed by atoms with Crippen LogP contribution in [-0.2, 0) is 25.6 Å². The number of imidazole rings is 1. The van der Waals surface area contributed by atoms with Gasteiger partial charge in [0.2, 0.25) is 5.28 Å². The number of aromatic nitrogens is 4. The summed E-state index contributed by atoms with van der Waals surface area (Å²) in [7, 11) is 0. The molecule has 1 aliphatic heterocycles. The van der Waals surface area contributed by atoms with E-state index in [0.717, 1.165) is 0 Å².